The molecule has 0 radical (unpaired) electrons. The molecular formula is C42H78N16O13. The molecule has 0 saturated heterocycles. The number of unbranched alkanes of at least 4 members (excludes halogenated alkanes) is 3. The zero-order chi connectivity index (χ0) is 54.1. The van der Waals surface area contributed by atoms with Gasteiger partial charge in [0.15, 0.2) is 5.96 Å². The van der Waals surface area contributed by atoms with E-state index in [1.807, 2.05) is 0 Å². The maximum atomic E-state index is 13.9. The molecule has 9 amide bonds. The summed E-state index contributed by atoms with van der Waals surface area (Å²) in [7, 11) is 0. The van der Waals surface area contributed by atoms with Crippen molar-refractivity contribution in [3.8, 4) is 0 Å². The summed E-state index contributed by atoms with van der Waals surface area (Å²) in [5.41, 5.74) is 38.6. The van der Waals surface area contributed by atoms with Gasteiger partial charge >= 0.3 is 11.9 Å². The summed E-state index contributed by atoms with van der Waals surface area (Å²) in [4.78, 5) is 144. The molecule has 29 heteroatoms. The molecule has 0 aromatic heterocycles. The Morgan fingerprint density at radius 3 is 1.32 bits per heavy atom. The van der Waals surface area contributed by atoms with Crippen molar-refractivity contribution in [1.82, 2.24) is 42.5 Å². The third-order valence-electron chi connectivity index (χ3n) is 10.6. The number of guanidine groups is 1. The van der Waals surface area contributed by atoms with E-state index in [1.165, 1.54) is 13.8 Å². The maximum absolute atomic E-state index is 13.9. The van der Waals surface area contributed by atoms with Crippen LogP contribution in [0.2, 0.25) is 0 Å². The third-order valence-corrected chi connectivity index (χ3v) is 10.6. The molecule has 0 aliphatic rings. The van der Waals surface area contributed by atoms with Crippen molar-refractivity contribution in [2.24, 2.45) is 45.1 Å². The first-order valence-corrected chi connectivity index (χ1v) is 23.5. The normalized spacial score (nSPS) is 14.2. The van der Waals surface area contributed by atoms with E-state index < -0.39 is 126 Å². The van der Waals surface area contributed by atoms with Crippen molar-refractivity contribution >= 4 is 71.1 Å². The van der Waals surface area contributed by atoms with Gasteiger partial charge in [-0.2, -0.15) is 0 Å². The summed E-state index contributed by atoms with van der Waals surface area (Å²) in [5, 5.41) is 38.2. The van der Waals surface area contributed by atoms with Gasteiger partial charge in [-0.1, -0.05) is 0 Å². The SMILES string of the molecule is C[C@H](NC(=O)[C@H](CCC(N)=O)NC(=O)[C@H](C)NC(=O)[C@@H](N)CCC(=O)O)C(=O)NCC(=O)N[C@@H](CCCCN)C(=O)N[C@@H](CCCCN)C(=O)N[C@@H](CCCCN)C(=O)N[C@@H](CCCN=C(N)N)C(=O)O. The number of nitrogens with one attached hydrogen (secondary N) is 8. The fourth-order valence-electron chi connectivity index (χ4n) is 6.46. The summed E-state index contributed by atoms with van der Waals surface area (Å²) in [5.74, 6) is -10.2. The van der Waals surface area contributed by atoms with Crippen LogP contribution in [0.25, 0.3) is 0 Å². The molecule has 0 rings (SSSR count). The maximum Gasteiger partial charge on any atom is 0.326 e. The summed E-state index contributed by atoms with van der Waals surface area (Å²) >= 11 is 0. The van der Waals surface area contributed by atoms with Crippen molar-refractivity contribution in [3.05, 3.63) is 0 Å². The zero-order valence-electron chi connectivity index (χ0n) is 40.6. The smallest absolute Gasteiger partial charge is 0.326 e. The number of amides is 9. The van der Waals surface area contributed by atoms with Crippen LogP contribution in [0.1, 0.15) is 110 Å². The van der Waals surface area contributed by atoms with E-state index in [9.17, 15) is 57.8 Å². The number of primary amides is 1. The van der Waals surface area contributed by atoms with Crippen molar-refractivity contribution in [2.45, 2.75) is 158 Å². The Bertz CT molecular complexity index is 1800. The lowest BCUT2D eigenvalue weighted by molar-refractivity contribution is -0.142. The first-order chi connectivity index (χ1) is 33.5. The van der Waals surface area contributed by atoms with Gasteiger partial charge in [0.25, 0.3) is 0 Å². The molecule has 0 unspecified atom stereocenters. The van der Waals surface area contributed by atoms with Crippen LogP contribution in [0.5, 0.6) is 0 Å². The second kappa shape index (κ2) is 36.3. The highest BCUT2D eigenvalue weighted by atomic mass is 16.4. The molecule has 0 heterocycles. The molecule has 404 valence electrons. The highest BCUT2D eigenvalue weighted by molar-refractivity contribution is 5.97. The van der Waals surface area contributed by atoms with Gasteiger partial charge in [0.1, 0.15) is 42.3 Å². The Labute approximate surface area is 412 Å². The van der Waals surface area contributed by atoms with E-state index >= 15 is 0 Å². The fourth-order valence-corrected chi connectivity index (χ4v) is 6.46. The topological polar surface area (TPSA) is 519 Å². The number of hydrogen-bond acceptors (Lipinski definition) is 16. The molecule has 0 bridgehead atoms. The largest absolute Gasteiger partial charge is 0.481 e. The van der Waals surface area contributed by atoms with Crippen LogP contribution in [0.15, 0.2) is 4.99 Å². The van der Waals surface area contributed by atoms with Crippen LogP contribution in [0.3, 0.4) is 0 Å². The fraction of sp³-hybridized carbons (Fsp3) is 0.714. The molecule has 24 N–H and O–H groups in total. The Balaban J connectivity index is 5.99. The summed E-state index contributed by atoms with van der Waals surface area (Å²) < 4.78 is 0. The number of carboxylic acid groups (broad SMARTS) is 2. The predicted molar refractivity (Wildman–Crippen MR) is 257 cm³/mol. The van der Waals surface area contributed by atoms with Crippen LogP contribution in [-0.4, -0.2) is 162 Å². The van der Waals surface area contributed by atoms with Crippen molar-refractivity contribution < 1.29 is 63.0 Å². The Hall–Kier alpha value is -6.72. The average molecular weight is 1020 g/mol. The number of carbonyl (C=O) groups excluding carboxylic acids is 9. The molecule has 0 aliphatic heterocycles. The molecule has 0 aliphatic carbocycles. The summed E-state index contributed by atoms with van der Waals surface area (Å²) in [6.45, 7) is 2.74. The first-order valence-electron chi connectivity index (χ1n) is 23.5. The molecule has 8 atom stereocenters. The third kappa shape index (κ3) is 29.2. The van der Waals surface area contributed by atoms with Crippen LogP contribution in [0, 0.1) is 0 Å². The Morgan fingerprint density at radius 1 is 0.465 bits per heavy atom. The van der Waals surface area contributed by atoms with Crippen molar-refractivity contribution in [3.63, 3.8) is 0 Å². The van der Waals surface area contributed by atoms with E-state index in [2.05, 4.69) is 47.5 Å². The minimum Gasteiger partial charge on any atom is -0.481 e. The number of aliphatic carboxylic acids is 2. The van der Waals surface area contributed by atoms with Crippen LogP contribution < -0.4 is 82.7 Å². The van der Waals surface area contributed by atoms with Crippen molar-refractivity contribution in [1.29, 1.82) is 0 Å². The number of carbonyl (C=O) groups is 11. The Kier molecular flexibility index (Phi) is 32.8. The monoisotopic (exact) mass is 1010 g/mol. The standard InChI is InChI=1S/C42H78N16O13/c1-23(53-37(66)29(15-16-31(47)59)55-35(64)24(2)52-36(65)25(46)14-17-33(61)62)34(63)51-22-32(60)54-26(10-3-6-18-43)38(67)56-27(11-4-7-19-44)39(68)57-28(12-5-8-20-45)40(69)58-30(41(70)71)13-9-21-50-42(48)49/h23-30H,3-22,43-46H2,1-2H3,(H2,47,59)(H,51,63)(H,52,65)(H,53,66)(H,54,60)(H,55,64)(H,56,67)(H,57,68)(H,58,69)(H,61,62)(H,70,71)(H4,48,49,50)/t23-,24-,25-,26-,27-,28-,29-,30-/m0/s1. The van der Waals surface area contributed by atoms with E-state index in [-0.39, 0.29) is 83.5 Å². The zero-order valence-corrected chi connectivity index (χ0v) is 40.6. The van der Waals surface area contributed by atoms with E-state index in [0.717, 1.165) is 0 Å². The summed E-state index contributed by atoms with van der Waals surface area (Å²) in [6, 6.07) is -10.4. The first kappa shape index (κ1) is 64.3. The molecule has 29 nitrogen and oxygen atoms in total. The lowest BCUT2D eigenvalue weighted by Gasteiger charge is -2.26. The number of rotatable bonds is 39. The van der Waals surface area contributed by atoms with Gasteiger partial charge in [0.2, 0.25) is 53.2 Å². The number of nitrogens with zero attached hydrogens (tertiary/aromatic N) is 1. The van der Waals surface area contributed by atoms with E-state index in [0.29, 0.717) is 38.5 Å². The quantitative estimate of drug-likeness (QED) is 0.0155. The van der Waals surface area contributed by atoms with Gasteiger partial charge in [-0.15, -0.1) is 0 Å². The minimum absolute atomic E-state index is 0.0285. The molecule has 0 saturated carbocycles. The summed E-state index contributed by atoms with van der Waals surface area (Å²) in [6.07, 6.45) is 1.58. The van der Waals surface area contributed by atoms with Gasteiger partial charge < -0.3 is 92.9 Å². The molecule has 0 spiro atoms. The van der Waals surface area contributed by atoms with Crippen LogP contribution in [0.4, 0.5) is 0 Å². The molecular weight excluding hydrogens is 937 g/mol. The number of nitrogens with two attached hydrogens (primary N) is 7. The number of carboxylic acids is 2. The van der Waals surface area contributed by atoms with Crippen molar-refractivity contribution in [2.75, 3.05) is 32.7 Å². The molecule has 0 fully saturated rings. The predicted octanol–water partition coefficient (Wildman–Crippen LogP) is -6.48. The van der Waals surface area contributed by atoms with Gasteiger partial charge in [-0.3, -0.25) is 52.9 Å². The second-order valence-electron chi connectivity index (χ2n) is 16.7. The van der Waals surface area contributed by atoms with E-state index in [4.69, 9.17) is 45.2 Å². The molecule has 71 heavy (non-hydrogen) atoms. The van der Waals surface area contributed by atoms with Gasteiger partial charge in [-0.05, 0) is 117 Å². The van der Waals surface area contributed by atoms with Gasteiger partial charge in [0.05, 0.1) is 12.6 Å². The number of aliphatic imine (C=N–C) groups is 1. The lowest BCUT2D eigenvalue weighted by atomic mass is 10.0. The molecule has 0 aromatic carbocycles. The number of hydrogen-bond donors (Lipinski definition) is 17. The van der Waals surface area contributed by atoms with Crippen LogP contribution >= 0.6 is 0 Å². The van der Waals surface area contributed by atoms with Gasteiger partial charge in [0, 0.05) is 19.4 Å². The highest BCUT2D eigenvalue weighted by Gasteiger charge is 2.32. The minimum atomic E-state index is -1.44. The highest BCUT2D eigenvalue weighted by Crippen LogP contribution is 2.09. The Morgan fingerprint density at radius 2 is 0.873 bits per heavy atom. The van der Waals surface area contributed by atoms with E-state index in [1.54, 1.807) is 0 Å². The average Bonchev–Trinajstić information content (AvgIpc) is 3.30. The lowest BCUT2D eigenvalue weighted by Crippen LogP contribution is -2.58. The van der Waals surface area contributed by atoms with Crippen LogP contribution in [-0.2, 0) is 52.7 Å². The van der Waals surface area contributed by atoms with Gasteiger partial charge in [-0.25, -0.2) is 4.79 Å². The molecule has 0 aromatic rings. The second-order valence-corrected chi connectivity index (χ2v) is 16.7.